The number of aliphatic hydroxyl groups excluding tert-OH is 1. The average molecular weight is 240 g/mol. The molecule has 6 heteroatoms. The van der Waals surface area contributed by atoms with Crippen molar-refractivity contribution in [3.63, 3.8) is 0 Å². The van der Waals surface area contributed by atoms with Crippen molar-refractivity contribution in [1.82, 2.24) is 4.98 Å². The molecule has 94 valence electrons. The molecule has 0 aliphatic heterocycles. The summed E-state index contributed by atoms with van der Waals surface area (Å²) in [5.41, 5.74) is 7.09. The summed E-state index contributed by atoms with van der Waals surface area (Å²) < 4.78 is 0. The maximum Gasteiger partial charge on any atom is 0.192 e. The van der Waals surface area contributed by atoms with Gasteiger partial charge in [0.2, 0.25) is 0 Å². The highest BCUT2D eigenvalue weighted by Crippen LogP contribution is 2.22. The highest BCUT2D eigenvalue weighted by atomic mass is 16.3. The first kappa shape index (κ1) is 15.2. The zero-order valence-electron chi connectivity index (χ0n) is 9.80. The topological polar surface area (TPSA) is 114 Å². The van der Waals surface area contributed by atoms with E-state index in [1.807, 2.05) is 0 Å². The molecule has 1 heterocycles. The fraction of sp³-hybridized carbons (Fsp3) is 0.364. The number of carbonyl (C=O) groups is 2. The van der Waals surface area contributed by atoms with Gasteiger partial charge in [-0.25, -0.2) is 0 Å². The molecule has 0 saturated heterocycles. The third-order valence-electron chi connectivity index (χ3n) is 1.97. The Bertz CT molecular complexity index is 405. The summed E-state index contributed by atoms with van der Waals surface area (Å²) in [6, 6.07) is 0. The van der Waals surface area contributed by atoms with E-state index in [0.29, 0.717) is 16.8 Å². The van der Waals surface area contributed by atoms with E-state index < -0.39 is 5.78 Å². The van der Waals surface area contributed by atoms with Crippen LogP contribution >= 0.6 is 0 Å². The summed E-state index contributed by atoms with van der Waals surface area (Å²) >= 11 is 0. The van der Waals surface area contributed by atoms with Crippen molar-refractivity contribution < 1.29 is 19.8 Å². The third kappa shape index (κ3) is 4.71. The number of hydrogen-bond donors (Lipinski definition) is 3. The smallest absolute Gasteiger partial charge is 0.192 e. The van der Waals surface area contributed by atoms with E-state index in [1.54, 1.807) is 6.92 Å². The number of carbonyl (C=O) groups excluding carboxylic acids is 2. The van der Waals surface area contributed by atoms with Crippen molar-refractivity contribution in [1.29, 1.82) is 0 Å². The zero-order chi connectivity index (χ0) is 13.4. The van der Waals surface area contributed by atoms with Crippen molar-refractivity contribution in [3.05, 3.63) is 23.0 Å². The summed E-state index contributed by atoms with van der Waals surface area (Å²) in [5, 5.41) is 18.3. The van der Waals surface area contributed by atoms with Gasteiger partial charge < -0.3 is 15.9 Å². The van der Waals surface area contributed by atoms with Crippen LogP contribution in [0.4, 0.5) is 0 Å². The monoisotopic (exact) mass is 240 g/mol. The molecule has 0 fully saturated rings. The van der Waals surface area contributed by atoms with Gasteiger partial charge in [0, 0.05) is 30.8 Å². The van der Waals surface area contributed by atoms with Crippen LogP contribution in [-0.2, 0) is 22.7 Å². The lowest BCUT2D eigenvalue weighted by molar-refractivity contribution is -0.128. The first-order valence-electron chi connectivity index (χ1n) is 4.90. The molecule has 0 aliphatic rings. The second-order valence-corrected chi connectivity index (χ2v) is 3.29. The number of aldehydes is 1. The minimum absolute atomic E-state index is 0.0871. The van der Waals surface area contributed by atoms with E-state index in [0.717, 1.165) is 0 Å². The molecule has 1 aromatic rings. The fourth-order valence-corrected chi connectivity index (χ4v) is 1.05. The summed E-state index contributed by atoms with van der Waals surface area (Å²) in [5.74, 6) is -0.339. The predicted octanol–water partition coefficient (Wildman–Crippen LogP) is -0.179. The molecule has 4 N–H and O–H groups in total. The van der Waals surface area contributed by atoms with Gasteiger partial charge in [-0.15, -0.1) is 0 Å². The lowest BCUT2D eigenvalue weighted by atomic mass is 10.1. The summed E-state index contributed by atoms with van der Waals surface area (Å²) in [6.07, 6.45) is 1.80. The van der Waals surface area contributed by atoms with E-state index in [1.165, 1.54) is 13.1 Å². The first-order chi connectivity index (χ1) is 7.97. The molecule has 0 unspecified atom stereocenters. The van der Waals surface area contributed by atoms with E-state index in [4.69, 9.17) is 15.6 Å². The molecule has 6 nitrogen and oxygen atoms in total. The SMILES string of the molecule is CC(=O)C=O.Cc1ncc(CO)c(CN)c1O. The Labute approximate surface area is 99.1 Å². The quantitative estimate of drug-likeness (QED) is 0.499. The van der Waals surface area contributed by atoms with Gasteiger partial charge in [0.15, 0.2) is 12.1 Å². The Kier molecular flexibility index (Phi) is 6.69. The molecule has 0 aliphatic carbocycles. The molecular weight excluding hydrogens is 224 g/mol. The van der Waals surface area contributed by atoms with Gasteiger partial charge >= 0.3 is 0 Å². The van der Waals surface area contributed by atoms with Crippen LogP contribution in [0.1, 0.15) is 23.7 Å². The van der Waals surface area contributed by atoms with Gasteiger partial charge in [-0.1, -0.05) is 0 Å². The molecule has 0 spiro atoms. The molecule has 17 heavy (non-hydrogen) atoms. The van der Waals surface area contributed by atoms with E-state index in [9.17, 15) is 9.90 Å². The normalized spacial score (nSPS) is 9.18. The van der Waals surface area contributed by atoms with E-state index >= 15 is 0 Å². The lowest BCUT2D eigenvalue weighted by Crippen LogP contribution is -2.04. The van der Waals surface area contributed by atoms with Gasteiger partial charge in [-0.3, -0.25) is 14.6 Å². The van der Waals surface area contributed by atoms with Crippen LogP contribution in [0.2, 0.25) is 0 Å². The van der Waals surface area contributed by atoms with Crippen molar-refractivity contribution >= 4 is 12.1 Å². The number of aromatic hydroxyl groups is 1. The predicted molar refractivity (Wildman–Crippen MR) is 61.2 cm³/mol. The Morgan fingerprint density at radius 1 is 1.59 bits per heavy atom. The van der Waals surface area contributed by atoms with Crippen molar-refractivity contribution in [2.24, 2.45) is 5.73 Å². The number of nitrogens with two attached hydrogens (primary N) is 1. The third-order valence-corrected chi connectivity index (χ3v) is 1.97. The van der Waals surface area contributed by atoms with Crippen LogP contribution in [0.25, 0.3) is 0 Å². The number of ketones is 1. The van der Waals surface area contributed by atoms with Crippen LogP contribution < -0.4 is 5.73 Å². The molecule has 0 radical (unpaired) electrons. The maximum atomic E-state index is 9.46. The molecular formula is C11H16N2O4. The second-order valence-electron chi connectivity index (χ2n) is 3.29. The van der Waals surface area contributed by atoms with Crippen LogP contribution in [0.3, 0.4) is 0 Å². The van der Waals surface area contributed by atoms with Gasteiger partial charge in [0.1, 0.15) is 5.75 Å². The van der Waals surface area contributed by atoms with Crippen molar-refractivity contribution in [2.45, 2.75) is 27.0 Å². The summed E-state index contributed by atoms with van der Waals surface area (Å²) in [4.78, 5) is 22.5. The lowest BCUT2D eigenvalue weighted by Gasteiger charge is -2.08. The standard InChI is InChI=1S/C8H12N2O2.C3H4O2/c1-5-8(12)7(2-9)6(4-11)3-10-5;1-3(5)2-4/h3,11-12H,2,4,9H2,1H3;2H,1H3. The van der Waals surface area contributed by atoms with Crippen molar-refractivity contribution in [3.8, 4) is 5.75 Å². The number of aromatic nitrogens is 1. The minimum Gasteiger partial charge on any atom is -0.506 e. The maximum absolute atomic E-state index is 9.46. The zero-order valence-corrected chi connectivity index (χ0v) is 9.80. The van der Waals surface area contributed by atoms with Crippen LogP contribution in [0.5, 0.6) is 5.75 Å². The van der Waals surface area contributed by atoms with Crippen LogP contribution in [0, 0.1) is 6.92 Å². The van der Waals surface area contributed by atoms with E-state index in [2.05, 4.69) is 4.98 Å². The molecule has 1 aromatic heterocycles. The summed E-state index contributed by atoms with van der Waals surface area (Å²) in [6.45, 7) is 2.97. The van der Waals surface area contributed by atoms with Gasteiger partial charge in [-0.2, -0.15) is 0 Å². The molecule has 0 bridgehead atoms. The number of pyridine rings is 1. The highest BCUT2D eigenvalue weighted by Gasteiger charge is 2.08. The fourth-order valence-electron chi connectivity index (χ4n) is 1.05. The molecule has 0 saturated carbocycles. The molecule has 1 rings (SSSR count). The Hall–Kier alpha value is -1.79. The minimum atomic E-state index is -0.426. The molecule has 0 aromatic carbocycles. The van der Waals surface area contributed by atoms with E-state index in [-0.39, 0.29) is 25.2 Å². The number of aryl methyl sites for hydroxylation is 1. The van der Waals surface area contributed by atoms with Gasteiger partial charge in [-0.05, 0) is 6.92 Å². The Balaban J connectivity index is 0.000000437. The van der Waals surface area contributed by atoms with Gasteiger partial charge in [0.25, 0.3) is 0 Å². The second kappa shape index (κ2) is 7.48. The number of hydrogen-bond acceptors (Lipinski definition) is 6. The Morgan fingerprint density at radius 2 is 2.12 bits per heavy atom. The highest BCUT2D eigenvalue weighted by molar-refractivity contribution is 6.23. The molecule has 0 atom stereocenters. The largest absolute Gasteiger partial charge is 0.506 e. The molecule has 0 amide bonds. The van der Waals surface area contributed by atoms with Crippen molar-refractivity contribution in [2.75, 3.05) is 0 Å². The van der Waals surface area contributed by atoms with Crippen LogP contribution in [0.15, 0.2) is 6.20 Å². The number of rotatable bonds is 3. The number of aliphatic hydroxyl groups is 1. The number of nitrogens with zero attached hydrogens (tertiary/aromatic N) is 1. The number of Topliss-reactive ketones (excluding diaryl/α,β-unsaturated/α-hetero) is 1. The summed E-state index contributed by atoms with van der Waals surface area (Å²) in [7, 11) is 0. The first-order valence-corrected chi connectivity index (χ1v) is 4.90. The average Bonchev–Trinajstić information content (AvgIpc) is 2.33. The Morgan fingerprint density at radius 3 is 2.47 bits per heavy atom. The van der Waals surface area contributed by atoms with Gasteiger partial charge in [0.05, 0.1) is 12.3 Å². The van der Waals surface area contributed by atoms with Crippen LogP contribution in [-0.4, -0.2) is 27.3 Å².